The van der Waals surface area contributed by atoms with Crippen LogP contribution in [-0.2, 0) is 11.2 Å². The van der Waals surface area contributed by atoms with Crippen LogP contribution in [0, 0.1) is 11.3 Å². The third-order valence-electron chi connectivity index (χ3n) is 5.37. The van der Waals surface area contributed by atoms with Crippen LogP contribution >= 0.6 is 0 Å². The Labute approximate surface area is 149 Å². The highest BCUT2D eigenvalue weighted by molar-refractivity contribution is 5.83. The Kier molecular flexibility index (Phi) is 5.09. The van der Waals surface area contributed by atoms with E-state index < -0.39 is 6.10 Å². The second kappa shape index (κ2) is 7.12. The zero-order valence-electron chi connectivity index (χ0n) is 15.4. The molecule has 1 saturated heterocycles. The Hall–Kier alpha value is -1.94. The highest BCUT2D eigenvalue weighted by atomic mass is 16.3. The van der Waals surface area contributed by atoms with Crippen LogP contribution in [0.5, 0.6) is 0 Å². The second-order valence-corrected chi connectivity index (χ2v) is 7.86. The van der Waals surface area contributed by atoms with Gasteiger partial charge in [-0.05, 0) is 30.5 Å². The first-order valence-corrected chi connectivity index (χ1v) is 9.22. The number of β-amino-alcohol motifs (C(OH)–C–C–N with tert-alkyl or cyclic N) is 1. The lowest BCUT2D eigenvalue weighted by Crippen LogP contribution is -2.40. The average Bonchev–Trinajstić information content (AvgIpc) is 2.95. The van der Waals surface area contributed by atoms with Crippen molar-refractivity contribution in [2.45, 2.75) is 46.1 Å². The largest absolute Gasteiger partial charge is 0.391 e. The summed E-state index contributed by atoms with van der Waals surface area (Å²) < 4.78 is 0. The van der Waals surface area contributed by atoms with Gasteiger partial charge in [0.25, 0.3) is 0 Å². The third kappa shape index (κ3) is 3.69. The van der Waals surface area contributed by atoms with E-state index in [1.807, 2.05) is 49.2 Å². The fourth-order valence-corrected chi connectivity index (χ4v) is 4.00. The smallest absolute Gasteiger partial charge is 0.228 e. The number of likely N-dealkylation sites (tertiary alicyclic amines) is 1. The monoisotopic (exact) mass is 340 g/mol. The van der Waals surface area contributed by atoms with Crippen molar-refractivity contribution in [2.75, 3.05) is 13.1 Å². The van der Waals surface area contributed by atoms with Crippen LogP contribution in [-0.4, -0.2) is 40.1 Å². The number of amides is 1. The van der Waals surface area contributed by atoms with Crippen LogP contribution in [0.25, 0.3) is 10.9 Å². The number of hydrogen-bond acceptors (Lipinski definition) is 3. The summed E-state index contributed by atoms with van der Waals surface area (Å²) in [6.45, 7) is 7.19. The van der Waals surface area contributed by atoms with Crippen LogP contribution in [0.15, 0.2) is 36.5 Å². The van der Waals surface area contributed by atoms with Gasteiger partial charge in [0.15, 0.2) is 0 Å². The number of pyridine rings is 1. The number of benzene rings is 1. The highest BCUT2D eigenvalue weighted by Crippen LogP contribution is 2.30. The van der Waals surface area contributed by atoms with E-state index in [9.17, 15) is 9.90 Å². The Morgan fingerprint density at radius 1 is 1.28 bits per heavy atom. The first-order chi connectivity index (χ1) is 11.9. The molecule has 134 valence electrons. The average molecular weight is 340 g/mol. The molecule has 0 aliphatic carbocycles. The van der Waals surface area contributed by atoms with E-state index in [0.717, 1.165) is 30.2 Å². The van der Waals surface area contributed by atoms with Gasteiger partial charge in [-0.25, -0.2) is 0 Å². The summed E-state index contributed by atoms with van der Waals surface area (Å²) in [6.07, 6.45) is 3.99. The summed E-state index contributed by atoms with van der Waals surface area (Å²) in [4.78, 5) is 19.1. The third-order valence-corrected chi connectivity index (χ3v) is 5.37. The van der Waals surface area contributed by atoms with Gasteiger partial charge in [0, 0.05) is 36.0 Å². The summed E-state index contributed by atoms with van der Waals surface area (Å²) in [6, 6.07) is 10.1. The van der Waals surface area contributed by atoms with Gasteiger partial charge >= 0.3 is 0 Å². The summed E-state index contributed by atoms with van der Waals surface area (Å²) in [5, 5.41) is 11.7. The van der Waals surface area contributed by atoms with E-state index in [1.165, 1.54) is 5.56 Å². The lowest BCUT2D eigenvalue weighted by molar-refractivity contribution is -0.140. The predicted octanol–water partition coefficient (Wildman–Crippen LogP) is 3.42. The molecule has 1 aliphatic heterocycles. The minimum absolute atomic E-state index is 0.0761. The summed E-state index contributed by atoms with van der Waals surface area (Å²) in [5.41, 5.74) is 1.81. The molecule has 0 saturated carbocycles. The van der Waals surface area contributed by atoms with Crippen molar-refractivity contribution < 1.29 is 9.90 Å². The molecule has 2 atom stereocenters. The topological polar surface area (TPSA) is 53.4 Å². The lowest BCUT2D eigenvalue weighted by atomic mass is 9.86. The van der Waals surface area contributed by atoms with Gasteiger partial charge in [-0.15, -0.1) is 0 Å². The van der Waals surface area contributed by atoms with E-state index in [4.69, 9.17) is 0 Å². The molecule has 0 radical (unpaired) electrons. The van der Waals surface area contributed by atoms with Crippen LogP contribution in [0.2, 0.25) is 0 Å². The predicted molar refractivity (Wildman–Crippen MR) is 100 cm³/mol. The maximum absolute atomic E-state index is 12.8. The van der Waals surface area contributed by atoms with Crippen LogP contribution in [0.3, 0.4) is 0 Å². The molecule has 4 heteroatoms. The summed E-state index contributed by atoms with van der Waals surface area (Å²) in [7, 11) is 0. The van der Waals surface area contributed by atoms with Crippen molar-refractivity contribution in [1.82, 2.24) is 9.88 Å². The molecule has 1 aromatic carbocycles. The zero-order chi connectivity index (χ0) is 18.0. The van der Waals surface area contributed by atoms with E-state index >= 15 is 0 Å². The van der Waals surface area contributed by atoms with Crippen molar-refractivity contribution in [2.24, 2.45) is 11.3 Å². The number of aliphatic hydroxyl groups excluding tert-OH is 1. The van der Waals surface area contributed by atoms with Crippen LogP contribution in [0.1, 0.15) is 39.2 Å². The van der Waals surface area contributed by atoms with Crippen molar-refractivity contribution in [3.63, 3.8) is 0 Å². The van der Waals surface area contributed by atoms with Gasteiger partial charge in [-0.2, -0.15) is 0 Å². The number of carbonyl (C=O) groups is 1. The zero-order valence-corrected chi connectivity index (χ0v) is 15.4. The Balaban J connectivity index is 1.75. The van der Waals surface area contributed by atoms with E-state index in [2.05, 4.69) is 18.0 Å². The molecule has 1 aromatic heterocycles. The van der Waals surface area contributed by atoms with Gasteiger partial charge in [-0.1, -0.05) is 45.4 Å². The molecule has 2 aromatic rings. The lowest BCUT2D eigenvalue weighted by Gasteiger charge is -2.29. The standard InChI is InChI=1S/C21H28N2O2/c1-4-10-21(2,3)20(25)23-13-16(19(24)14-23)12-15-9-11-22-18-8-6-5-7-17(15)18/h5-9,11,16,19,24H,4,10,12-14H2,1-3H3. The summed E-state index contributed by atoms with van der Waals surface area (Å²) in [5.74, 6) is 0.239. The first-order valence-electron chi connectivity index (χ1n) is 9.22. The van der Waals surface area contributed by atoms with Crippen molar-refractivity contribution in [1.29, 1.82) is 0 Å². The maximum atomic E-state index is 12.8. The fraction of sp³-hybridized carbons (Fsp3) is 0.524. The van der Waals surface area contributed by atoms with Crippen molar-refractivity contribution >= 4 is 16.8 Å². The highest BCUT2D eigenvalue weighted by Gasteiger charge is 2.39. The quantitative estimate of drug-likeness (QED) is 0.907. The molecule has 3 rings (SSSR count). The molecule has 1 aliphatic rings. The Morgan fingerprint density at radius 3 is 2.80 bits per heavy atom. The van der Waals surface area contributed by atoms with Gasteiger partial charge in [0.2, 0.25) is 5.91 Å². The normalized spacial score (nSPS) is 21.0. The number of para-hydroxylation sites is 1. The number of carbonyl (C=O) groups excluding carboxylic acids is 1. The Morgan fingerprint density at radius 2 is 2.04 bits per heavy atom. The number of fused-ring (bicyclic) bond motifs is 1. The molecule has 0 spiro atoms. The Bertz CT molecular complexity index is 751. The molecule has 2 heterocycles. The molecule has 1 amide bonds. The molecule has 25 heavy (non-hydrogen) atoms. The van der Waals surface area contributed by atoms with Crippen molar-refractivity contribution in [3.05, 3.63) is 42.1 Å². The van der Waals surface area contributed by atoms with Gasteiger partial charge < -0.3 is 10.0 Å². The number of aliphatic hydroxyl groups is 1. The van der Waals surface area contributed by atoms with Crippen LogP contribution in [0.4, 0.5) is 0 Å². The van der Waals surface area contributed by atoms with Crippen molar-refractivity contribution in [3.8, 4) is 0 Å². The SMILES string of the molecule is CCCC(C)(C)C(=O)N1CC(O)C(Cc2ccnc3ccccc23)C1. The minimum atomic E-state index is -0.465. The molecular weight excluding hydrogens is 312 g/mol. The molecule has 0 bridgehead atoms. The molecule has 4 nitrogen and oxygen atoms in total. The molecule has 1 fully saturated rings. The minimum Gasteiger partial charge on any atom is -0.391 e. The molecule has 2 unspecified atom stereocenters. The molecular formula is C21H28N2O2. The molecule has 1 N–H and O–H groups in total. The number of rotatable bonds is 5. The van der Waals surface area contributed by atoms with Gasteiger partial charge in [-0.3, -0.25) is 9.78 Å². The van der Waals surface area contributed by atoms with E-state index in [1.54, 1.807) is 0 Å². The van der Waals surface area contributed by atoms with Gasteiger partial charge in [0.05, 0.1) is 11.6 Å². The maximum Gasteiger partial charge on any atom is 0.228 e. The fourth-order valence-electron chi connectivity index (χ4n) is 4.00. The number of nitrogens with zero attached hydrogens (tertiary/aromatic N) is 2. The summed E-state index contributed by atoms with van der Waals surface area (Å²) >= 11 is 0. The van der Waals surface area contributed by atoms with Crippen LogP contribution < -0.4 is 0 Å². The van der Waals surface area contributed by atoms with E-state index in [-0.39, 0.29) is 17.2 Å². The van der Waals surface area contributed by atoms with E-state index in [0.29, 0.717) is 13.1 Å². The second-order valence-electron chi connectivity index (χ2n) is 7.86. The number of aromatic nitrogens is 1. The number of hydrogen-bond donors (Lipinski definition) is 1. The van der Waals surface area contributed by atoms with Gasteiger partial charge in [0.1, 0.15) is 0 Å². The first kappa shape index (κ1) is 17.9.